The van der Waals surface area contributed by atoms with Crippen molar-refractivity contribution in [3.05, 3.63) is 32.6 Å². The number of hydrogen-bond donors (Lipinski definition) is 1. The Balaban J connectivity index is 2.81. The Morgan fingerprint density at radius 2 is 1.90 bits per heavy atom. The fourth-order valence-corrected chi connectivity index (χ4v) is 3.98. The second-order valence-electron chi connectivity index (χ2n) is 8.56. The third-order valence-electron chi connectivity index (χ3n) is 5.32. The lowest BCUT2D eigenvalue weighted by molar-refractivity contribution is -0.146. The summed E-state index contributed by atoms with van der Waals surface area (Å²) in [4.78, 5) is 25.4. The highest BCUT2D eigenvalue weighted by atomic mass is 127. The van der Waals surface area contributed by atoms with E-state index in [1.165, 1.54) is 12.1 Å². The average Bonchev–Trinajstić information content (AvgIpc) is 2.59. The second-order valence-corrected chi connectivity index (χ2v) is 14.5. The van der Waals surface area contributed by atoms with Gasteiger partial charge in [-0.3, -0.25) is 9.59 Å². The summed E-state index contributed by atoms with van der Waals surface area (Å²) in [6.45, 7) is 15.6. The SMILES string of the molecule is CCOC(=O)C(CNCCO[Si](C)(C)C(C)(C)C)C(=O)c1cc(I)c(F)cc1C. The largest absolute Gasteiger partial charge is 0.465 e. The lowest BCUT2D eigenvalue weighted by Crippen LogP contribution is -2.43. The molecule has 1 rings (SSSR count). The van der Waals surface area contributed by atoms with Crippen LogP contribution >= 0.6 is 22.6 Å². The number of rotatable bonds is 10. The molecule has 0 saturated heterocycles. The zero-order valence-corrected chi connectivity index (χ0v) is 21.6. The molecule has 8 heteroatoms. The highest BCUT2D eigenvalue weighted by Gasteiger charge is 2.37. The molecule has 0 saturated carbocycles. The number of halogens is 2. The third kappa shape index (κ3) is 7.41. The van der Waals surface area contributed by atoms with E-state index in [9.17, 15) is 14.0 Å². The molecule has 29 heavy (non-hydrogen) atoms. The van der Waals surface area contributed by atoms with Crippen molar-refractivity contribution in [3.8, 4) is 0 Å². The Kier molecular flexibility index (Phi) is 9.91. The summed E-state index contributed by atoms with van der Waals surface area (Å²) in [5, 5.41) is 3.26. The summed E-state index contributed by atoms with van der Waals surface area (Å²) in [7, 11) is -1.85. The summed E-state index contributed by atoms with van der Waals surface area (Å²) < 4.78 is 25.3. The van der Waals surface area contributed by atoms with Crippen molar-refractivity contribution in [2.45, 2.75) is 52.8 Å². The number of benzene rings is 1. The molecule has 0 bridgehead atoms. The lowest BCUT2D eigenvalue weighted by Gasteiger charge is -2.36. The third-order valence-corrected chi connectivity index (χ3v) is 10.7. The molecular formula is C21H33FINO4Si. The first kappa shape index (κ1) is 26.2. The summed E-state index contributed by atoms with van der Waals surface area (Å²) in [5.74, 6) is -2.30. The van der Waals surface area contributed by atoms with Gasteiger partial charge >= 0.3 is 5.97 Å². The monoisotopic (exact) mass is 537 g/mol. The number of ketones is 1. The minimum Gasteiger partial charge on any atom is -0.465 e. The van der Waals surface area contributed by atoms with Crippen molar-refractivity contribution < 1.29 is 23.1 Å². The first-order chi connectivity index (χ1) is 13.3. The Morgan fingerprint density at radius 1 is 1.28 bits per heavy atom. The van der Waals surface area contributed by atoms with Gasteiger partial charge in [0.1, 0.15) is 11.7 Å². The molecular weight excluding hydrogens is 504 g/mol. The van der Waals surface area contributed by atoms with Crippen LogP contribution in [-0.4, -0.2) is 46.4 Å². The topological polar surface area (TPSA) is 64.6 Å². The molecule has 0 aliphatic carbocycles. The van der Waals surface area contributed by atoms with E-state index in [1.807, 2.05) is 22.6 Å². The van der Waals surface area contributed by atoms with Gasteiger partial charge in [-0.2, -0.15) is 0 Å². The van der Waals surface area contributed by atoms with Crippen molar-refractivity contribution >= 4 is 42.7 Å². The van der Waals surface area contributed by atoms with E-state index in [-0.39, 0.29) is 29.8 Å². The van der Waals surface area contributed by atoms with E-state index in [4.69, 9.17) is 9.16 Å². The number of hydrogen-bond acceptors (Lipinski definition) is 5. The first-order valence-electron chi connectivity index (χ1n) is 9.83. The molecule has 0 fully saturated rings. The Hall–Kier alpha value is -0.843. The molecule has 0 amide bonds. The van der Waals surface area contributed by atoms with Crippen molar-refractivity contribution in [2.75, 3.05) is 26.3 Å². The fraction of sp³-hybridized carbons (Fsp3) is 0.619. The molecule has 0 heterocycles. The molecule has 1 aromatic carbocycles. The Labute approximate surface area is 188 Å². The summed E-state index contributed by atoms with van der Waals surface area (Å²) >= 11 is 1.84. The lowest BCUT2D eigenvalue weighted by atomic mass is 9.94. The van der Waals surface area contributed by atoms with Crippen LogP contribution in [0.2, 0.25) is 18.1 Å². The van der Waals surface area contributed by atoms with Gasteiger partial charge in [-0.05, 0) is 72.3 Å². The van der Waals surface area contributed by atoms with E-state index >= 15 is 0 Å². The number of ether oxygens (including phenoxy) is 1. The van der Waals surface area contributed by atoms with E-state index in [2.05, 4.69) is 39.2 Å². The van der Waals surface area contributed by atoms with E-state index < -0.39 is 20.2 Å². The number of carbonyl (C=O) groups excluding carboxylic acids is 2. The van der Waals surface area contributed by atoms with Gasteiger partial charge in [-0.15, -0.1) is 0 Å². The molecule has 0 aliphatic heterocycles. The number of Topliss-reactive ketones (excluding diaryl/α,β-unsaturated/α-hetero) is 1. The van der Waals surface area contributed by atoms with Crippen LogP contribution in [0.3, 0.4) is 0 Å². The maximum Gasteiger partial charge on any atom is 0.318 e. The van der Waals surface area contributed by atoms with Crippen molar-refractivity contribution in [2.24, 2.45) is 5.92 Å². The van der Waals surface area contributed by atoms with Crippen molar-refractivity contribution in [1.29, 1.82) is 0 Å². The molecule has 0 aromatic heterocycles. The summed E-state index contributed by atoms with van der Waals surface area (Å²) in [6, 6.07) is 2.80. The molecule has 164 valence electrons. The van der Waals surface area contributed by atoms with Crippen LogP contribution in [0.15, 0.2) is 12.1 Å². The van der Waals surface area contributed by atoms with Crippen LogP contribution in [0.25, 0.3) is 0 Å². The minimum atomic E-state index is -1.85. The van der Waals surface area contributed by atoms with Gasteiger partial charge in [0, 0.05) is 28.8 Å². The summed E-state index contributed by atoms with van der Waals surface area (Å²) in [5.41, 5.74) is 0.844. The van der Waals surface area contributed by atoms with Gasteiger partial charge in [-0.25, -0.2) is 4.39 Å². The zero-order valence-electron chi connectivity index (χ0n) is 18.4. The highest BCUT2D eigenvalue weighted by Crippen LogP contribution is 2.36. The zero-order chi connectivity index (χ0) is 22.4. The second kappa shape index (κ2) is 11.0. The smallest absolute Gasteiger partial charge is 0.318 e. The van der Waals surface area contributed by atoms with Crippen molar-refractivity contribution in [3.63, 3.8) is 0 Å². The molecule has 0 aliphatic rings. The molecule has 1 unspecified atom stereocenters. The van der Waals surface area contributed by atoms with Gasteiger partial charge in [0.05, 0.1) is 6.61 Å². The fourth-order valence-electron chi connectivity index (χ4n) is 2.47. The summed E-state index contributed by atoms with van der Waals surface area (Å²) in [6.07, 6.45) is 0. The van der Waals surface area contributed by atoms with Crippen LogP contribution in [0, 0.1) is 22.2 Å². The van der Waals surface area contributed by atoms with Gasteiger partial charge in [0.25, 0.3) is 0 Å². The molecule has 0 radical (unpaired) electrons. The molecule has 1 aromatic rings. The Bertz CT molecular complexity index is 734. The quantitative estimate of drug-likeness (QED) is 0.117. The molecule has 5 nitrogen and oxygen atoms in total. The van der Waals surface area contributed by atoms with Crippen LogP contribution in [-0.2, 0) is 14.0 Å². The van der Waals surface area contributed by atoms with E-state index in [1.54, 1.807) is 13.8 Å². The molecule has 1 N–H and O–H groups in total. The maximum atomic E-state index is 13.7. The first-order valence-corrected chi connectivity index (χ1v) is 13.8. The molecule has 1 atom stereocenters. The minimum absolute atomic E-state index is 0.119. The average molecular weight is 537 g/mol. The normalized spacial score (nSPS) is 13.3. The van der Waals surface area contributed by atoms with Crippen LogP contribution < -0.4 is 5.32 Å². The van der Waals surface area contributed by atoms with Gasteiger partial charge in [0.15, 0.2) is 14.1 Å². The maximum absolute atomic E-state index is 13.7. The van der Waals surface area contributed by atoms with Gasteiger partial charge < -0.3 is 14.5 Å². The molecule has 0 spiro atoms. The van der Waals surface area contributed by atoms with Crippen LogP contribution in [0.1, 0.15) is 43.6 Å². The number of nitrogens with one attached hydrogen (secondary N) is 1. The van der Waals surface area contributed by atoms with Gasteiger partial charge in [-0.1, -0.05) is 20.8 Å². The standard InChI is InChI=1S/C21H33FINO4Si/c1-8-27-20(26)16(13-24-9-10-28-29(6,7)21(3,4)5)19(25)15-12-18(23)17(22)11-14(15)2/h11-12,16,24H,8-10,13H2,1-7H3. The van der Waals surface area contributed by atoms with Gasteiger partial charge in [0.2, 0.25) is 0 Å². The number of esters is 1. The van der Waals surface area contributed by atoms with Crippen molar-refractivity contribution in [1.82, 2.24) is 5.32 Å². The number of aryl methyl sites for hydroxylation is 1. The predicted octanol–water partition coefficient (Wildman–Crippen LogP) is 4.71. The van der Waals surface area contributed by atoms with E-state index in [0.717, 1.165) is 0 Å². The highest BCUT2D eigenvalue weighted by molar-refractivity contribution is 14.1. The predicted molar refractivity (Wildman–Crippen MR) is 124 cm³/mol. The van der Waals surface area contributed by atoms with E-state index in [0.29, 0.717) is 27.8 Å². The van der Waals surface area contributed by atoms with Crippen LogP contribution in [0.5, 0.6) is 0 Å². The van der Waals surface area contributed by atoms with Crippen LogP contribution in [0.4, 0.5) is 4.39 Å². The number of carbonyl (C=O) groups is 2. The Morgan fingerprint density at radius 3 is 2.45 bits per heavy atom.